The van der Waals surface area contributed by atoms with Crippen LogP contribution in [0.5, 0.6) is 0 Å². The van der Waals surface area contributed by atoms with Crippen molar-refractivity contribution in [3.05, 3.63) is 82.1 Å². The molecule has 3 rings (SSSR count). The second-order valence-corrected chi connectivity index (χ2v) is 6.39. The smallest absolute Gasteiger partial charge is 0.340 e. The molecule has 0 saturated heterocycles. The van der Waals surface area contributed by atoms with Gasteiger partial charge in [-0.3, -0.25) is 9.59 Å². The first-order chi connectivity index (χ1) is 14.0. The lowest BCUT2D eigenvalue weighted by Gasteiger charge is -2.11. The maximum absolute atomic E-state index is 12.5. The van der Waals surface area contributed by atoms with E-state index in [2.05, 4.69) is 10.4 Å². The van der Waals surface area contributed by atoms with Crippen LogP contribution >= 0.6 is 0 Å². The number of nitrogens with one attached hydrogen (secondary N) is 1. The number of rotatable bonds is 6. The van der Waals surface area contributed by atoms with Gasteiger partial charge >= 0.3 is 5.97 Å². The molecule has 1 heterocycles. The predicted octanol–water partition coefficient (Wildman–Crippen LogP) is 3.03. The third-order valence-electron chi connectivity index (χ3n) is 4.20. The molecule has 3 aromatic rings. The van der Waals surface area contributed by atoms with E-state index in [1.807, 2.05) is 31.2 Å². The zero-order valence-electron chi connectivity index (χ0n) is 16.2. The number of esters is 1. The summed E-state index contributed by atoms with van der Waals surface area (Å²) >= 11 is 0. The molecule has 1 aromatic heterocycles. The Bertz CT molecular complexity index is 1090. The Kier molecular flexibility index (Phi) is 6.19. The molecule has 7 heteroatoms. The van der Waals surface area contributed by atoms with Crippen molar-refractivity contribution >= 4 is 17.6 Å². The van der Waals surface area contributed by atoms with Crippen LogP contribution in [0, 0.1) is 6.92 Å². The zero-order valence-corrected chi connectivity index (χ0v) is 16.2. The lowest BCUT2D eigenvalue weighted by atomic mass is 10.1. The largest absolute Gasteiger partial charge is 0.462 e. The summed E-state index contributed by atoms with van der Waals surface area (Å²) < 4.78 is 6.10. The molecule has 148 valence electrons. The van der Waals surface area contributed by atoms with Crippen molar-refractivity contribution in [1.82, 2.24) is 9.78 Å². The van der Waals surface area contributed by atoms with Crippen molar-refractivity contribution in [3.8, 4) is 11.3 Å². The zero-order chi connectivity index (χ0) is 20.8. The van der Waals surface area contributed by atoms with Crippen LogP contribution in [0.25, 0.3) is 11.3 Å². The average Bonchev–Trinajstić information content (AvgIpc) is 2.71. The van der Waals surface area contributed by atoms with Crippen LogP contribution in [-0.2, 0) is 16.1 Å². The fourth-order valence-corrected chi connectivity index (χ4v) is 2.75. The van der Waals surface area contributed by atoms with Crippen molar-refractivity contribution in [2.45, 2.75) is 20.4 Å². The van der Waals surface area contributed by atoms with Crippen LogP contribution in [0.4, 0.5) is 5.69 Å². The molecule has 1 amide bonds. The Labute approximate surface area is 168 Å². The highest BCUT2D eigenvalue weighted by Crippen LogP contribution is 2.17. The lowest BCUT2D eigenvalue weighted by molar-refractivity contribution is -0.117. The summed E-state index contributed by atoms with van der Waals surface area (Å²) in [6.45, 7) is 3.64. The molecule has 7 nitrogen and oxygen atoms in total. The second-order valence-electron chi connectivity index (χ2n) is 6.39. The number of carbonyl (C=O) groups excluding carboxylic acids is 2. The number of para-hydroxylation sites is 1. The van der Waals surface area contributed by atoms with Gasteiger partial charge in [0.2, 0.25) is 5.91 Å². The Balaban J connectivity index is 1.80. The normalized spacial score (nSPS) is 10.4. The predicted molar refractivity (Wildman–Crippen MR) is 110 cm³/mol. The Hall–Kier alpha value is -3.74. The van der Waals surface area contributed by atoms with Crippen molar-refractivity contribution < 1.29 is 14.3 Å². The van der Waals surface area contributed by atoms with Crippen molar-refractivity contribution in [3.63, 3.8) is 0 Å². The van der Waals surface area contributed by atoms with E-state index in [4.69, 9.17) is 4.74 Å². The van der Waals surface area contributed by atoms with Gasteiger partial charge in [0.15, 0.2) is 0 Å². The molecule has 1 N–H and O–H groups in total. The van der Waals surface area contributed by atoms with Gasteiger partial charge in [0.1, 0.15) is 6.54 Å². The van der Waals surface area contributed by atoms with E-state index in [-0.39, 0.29) is 18.7 Å². The third kappa shape index (κ3) is 4.95. The SMILES string of the molecule is CCOC(=O)c1ccccc1NC(=O)Cn1nc(-c2ccc(C)cc2)ccc1=O. The fraction of sp³-hybridized carbons (Fsp3) is 0.182. The first-order valence-electron chi connectivity index (χ1n) is 9.19. The minimum Gasteiger partial charge on any atom is -0.462 e. The molecule has 0 saturated carbocycles. The molecule has 0 aliphatic heterocycles. The van der Waals surface area contributed by atoms with Crippen LogP contribution in [-0.4, -0.2) is 28.3 Å². The quantitative estimate of drug-likeness (QED) is 0.652. The Morgan fingerprint density at radius 3 is 2.48 bits per heavy atom. The number of carbonyl (C=O) groups is 2. The van der Waals surface area contributed by atoms with E-state index in [1.54, 1.807) is 37.3 Å². The lowest BCUT2D eigenvalue weighted by Crippen LogP contribution is -2.29. The number of ether oxygens (including phenoxy) is 1. The van der Waals surface area contributed by atoms with E-state index in [0.717, 1.165) is 15.8 Å². The van der Waals surface area contributed by atoms with Gasteiger partial charge in [-0.25, -0.2) is 9.48 Å². The van der Waals surface area contributed by atoms with Gasteiger partial charge < -0.3 is 10.1 Å². The Morgan fingerprint density at radius 1 is 1.03 bits per heavy atom. The van der Waals surface area contributed by atoms with E-state index < -0.39 is 17.4 Å². The first-order valence-corrected chi connectivity index (χ1v) is 9.19. The van der Waals surface area contributed by atoms with Crippen LogP contribution in [0.1, 0.15) is 22.8 Å². The number of aryl methyl sites for hydroxylation is 1. The van der Waals surface area contributed by atoms with Crippen molar-refractivity contribution in [1.29, 1.82) is 0 Å². The van der Waals surface area contributed by atoms with Crippen LogP contribution in [0.3, 0.4) is 0 Å². The number of anilines is 1. The molecule has 0 spiro atoms. The maximum Gasteiger partial charge on any atom is 0.340 e. The molecule has 2 aromatic carbocycles. The molecule has 29 heavy (non-hydrogen) atoms. The number of aromatic nitrogens is 2. The number of benzene rings is 2. The molecule has 0 bridgehead atoms. The van der Waals surface area contributed by atoms with E-state index in [1.165, 1.54) is 6.07 Å². The fourth-order valence-electron chi connectivity index (χ4n) is 2.75. The summed E-state index contributed by atoms with van der Waals surface area (Å²) in [5.41, 5.74) is 2.72. The summed E-state index contributed by atoms with van der Waals surface area (Å²) in [5.74, 6) is -1.00. The highest BCUT2D eigenvalue weighted by atomic mass is 16.5. The second kappa shape index (κ2) is 8.97. The van der Waals surface area contributed by atoms with Crippen LogP contribution in [0.2, 0.25) is 0 Å². The minimum atomic E-state index is -0.528. The summed E-state index contributed by atoms with van der Waals surface area (Å²) in [7, 11) is 0. The van der Waals surface area contributed by atoms with Crippen LogP contribution in [0.15, 0.2) is 65.5 Å². The highest BCUT2D eigenvalue weighted by molar-refractivity contribution is 6.01. The molecular formula is C22H21N3O4. The number of amides is 1. The van der Waals surface area contributed by atoms with Gasteiger partial charge in [0.05, 0.1) is 23.6 Å². The first kappa shape index (κ1) is 20.0. The number of nitrogens with zero attached hydrogens (tertiary/aromatic N) is 2. The minimum absolute atomic E-state index is 0.228. The molecule has 0 aliphatic carbocycles. The van der Waals surface area contributed by atoms with Crippen molar-refractivity contribution in [2.75, 3.05) is 11.9 Å². The van der Waals surface area contributed by atoms with Gasteiger partial charge in [0, 0.05) is 11.6 Å². The summed E-state index contributed by atoms with van der Waals surface area (Å²) in [4.78, 5) is 36.7. The average molecular weight is 391 g/mol. The highest BCUT2D eigenvalue weighted by Gasteiger charge is 2.15. The number of hydrogen-bond donors (Lipinski definition) is 1. The summed E-state index contributed by atoms with van der Waals surface area (Å²) in [6, 6.07) is 17.2. The third-order valence-corrected chi connectivity index (χ3v) is 4.20. The monoisotopic (exact) mass is 391 g/mol. The molecule has 0 radical (unpaired) electrons. The molecule has 0 unspecified atom stereocenters. The number of hydrogen-bond acceptors (Lipinski definition) is 5. The van der Waals surface area contributed by atoms with Gasteiger partial charge in [-0.1, -0.05) is 42.0 Å². The topological polar surface area (TPSA) is 90.3 Å². The Morgan fingerprint density at radius 2 is 1.76 bits per heavy atom. The summed E-state index contributed by atoms with van der Waals surface area (Å²) in [6.07, 6.45) is 0. The van der Waals surface area contributed by atoms with E-state index in [0.29, 0.717) is 11.4 Å². The van der Waals surface area contributed by atoms with Crippen molar-refractivity contribution in [2.24, 2.45) is 0 Å². The maximum atomic E-state index is 12.5. The molecule has 0 fully saturated rings. The summed E-state index contributed by atoms with van der Waals surface area (Å²) in [5, 5.41) is 6.95. The van der Waals surface area contributed by atoms with Gasteiger partial charge in [-0.2, -0.15) is 5.10 Å². The van der Waals surface area contributed by atoms with Gasteiger partial charge in [-0.15, -0.1) is 0 Å². The van der Waals surface area contributed by atoms with Crippen LogP contribution < -0.4 is 10.9 Å². The standard InChI is InChI=1S/C22H21N3O4/c1-3-29-22(28)17-6-4-5-7-19(17)23-20(26)14-25-21(27)13-12-18(24-25)16-10-8-15(2)9-11-16/h4-13H,3,14H2,1-2H3,(H,23,26). The van der Waals surface area contributed by atoms with Gasteiger partial charge in [-0.05, 0) is 32.0 Å². The van der Waals surface area contributed by atoms with E-state index in [9.17, 15) is 14.4 Å². The van der Waals surface area contributed by atoms with E-state index >= 15 is 0 Å². The molecule has 0 aliphatic rings. The molecular weight excluding hydrogens is 370 g/mol. The molecule has 0 atom stereocenters. The van der Waals surface area contributed by atoms with Gasteiger partial charge in [0.25, 0.3) is 5.56 Å².